The van der Waals surface area contributed by atoms with E-state index in [0.717, 1.165) is 12.8 Å². The zero-order valence-electron chi connectivity index (χ0n) is 12.2. The molecule has 0 heterocycles. The maximum atomic E-state index is 12.4. The van der Waals surface area contributed by atoms with Crippen molar-refractivity contribution in [3.05, 3.63) is 0 Å². The first-order valence-electron chi connectivity index (χ1n) is 6.55. The van der Waals surface area contributed by atoms with Crippen LogP contribution in [0.15, 0.2) is 0 Å². The van der Waals surface area contributed by atoms with Crippen molar-refractivity contribution in [3.8, 4) is 0 Å². The van der Waals surface area contributed by atoms with Crippen LogP contribution in [0.3, 0.4) is 0 Å². The van der Waals surface area contributed by atoms with Gasteiger partial charge in [0.2, 0.25) is 5.91 Å². The summed E-state index contributed by atoms with van der Waals surface area (Å²) in [6.07, 6.45) is 2.41. The van der Waals surface area contributed by atoms with Crippen molar-refractivity contribution in [1.29, 1.82) is 0 Å². The van der Waals surface area contributed by atoms with Gasteiger partial charge in [-0.25, -0.2) is 0 Å². The van der Waals surface area contributed by atoms with Crippen molar-refractivity contribution in [3.63, 3.8) is 0 Å². The molecule has 0 saturated heterocycles. The summed E-state index contributed by atoms with van der Waals surface area (Å²) in [6.45, 7) is 6.24. The van der Waals surface area contributed by atoms with E-state index in [4.69, 9.17) is 15.2 Å². The third-order valence-electron chi connectivity index (χ3n) is 2.89. The minimum Gasteiger partial charge on any atom is -0.385 e. The lowest BCUT2D eigenvalue weighted by molar-refractivity contribution is -0.137. The Kier molecular flexibility index (Phi) is 8.97. The summed E-state index contributed by atoms with van der Waals surface area (Å²) in [5, 5.41) is 0. The SMILES string of the molecule is CCCC(C)(N)C(=O)N(CCCOC)CCOC. The van der Waals surface area contributed by atoms with Crippen LogP contribution < -0.4 is 5.73 Å². The molecule has 0 saturated carbocycles. The molecule has 0 radical (unpaired) electrons. The van der Waals surface area contributed by atoms with Crippen LogP contribution in [0, 0.1) is 0 Å². The molecule has 5 nitrogen and oxygen atoms in total. The number of nitrogens with two attached hydrogens (primary N) is 1. The van der Waals surface area contributed by atoms with Crippen molar-refractivity contribution in [1.82, 2.24) is 4.90 Å². The zero-order valence-corrected chi connectivity index (χ0v) is 12.2. The molecule has 1 atom stereocenters. The number of rotatable bonds is 10. The van der Waals surface area contributed by atoms with Gasteiger partial charge in [-0.1, -0.05) is 13.3 Å². The standard InChI is InChI=1S/C13H28N2O3/c1-5-7-13(2,14)12(16)15(9-11-18-4)8-6-10-17-3/h5-11,14H2,1-4H3. The van der Waals surface area contributed by atoms with Gasteiger partial charge in [-0.05, 0) is 19.8 Å². The lowest BCUT2D eigenvalue weighted by Crippen LogP contribution is -2.54. The second kappa shape index (κ2) is 9.30. The van der Waals surface area contributed by atoms with Gasteiger partial charge < -0.3 is 20.1 Å². The molecule has 0 aromatic rings. The molecule has 108 valence electrons. The van der Waals surface area contributed by atoms with Crippen LogP contribution in [-0.4, -0.2) is 56.9 Å². The fourth-order valence-corrected chi connectivity index (χ4v) is 1.90. The molecule has 2 N–H and O–H groups in total. The highest BCUT2D eigenvalue weighted by molar-refractivity contribution is 5.85. The van der Waals surface area contributed by atoms with Gasteiger partial charge in [-0.15, -0.1) is 0 Å². The third kappa shape index (κ3) is 6.33. The van der Waals surface area contributed by atoms with E-state index < -0.39 is 5.54 Å². The predicted octanol–water partition coefficient (Wildman–Crippen LogP) is 1.02. The van der Waals surface area contributed by atoms with Gasteiger partial charge in [-0.2, -0.15) is 0 Å². The van der Waals surface area contributed by atoms with Crippen LogP contribution in [0.5, 0.6) is 0 Å². The smallest absolute Gasteiger partial charge is 0.242 e. The van der Waals surface area contributed by atoms with Crippen LogP contribution in [0.4, 0.5) is 0 Å². The monoisotopic (exact) mass is 260 g/mol. The van der Waals surface area contributed by atoms with Gasteiger partial charge in [0, 0.05) is 33.9 Å². The minimum absolute atomic E-state index is 0.00231. The van der Waals surface area contributed by atoms with Crippen molar-refractivity contribution in [2.45, 2.75) is 38.6 Å². The maximum absolute atomic E-state index is 12.4. The Morgan fingerprint density at radius 3 is 2.33 bits per heavy atom. The fourth-order valence-electron chi connectivity index (χ4n) is 1.90. The molecule has 5 heteroatoms. The van der Waals surface area contributed by atoms with E-state index in [1.165, 1.54) is 0 Å². The Balaban J connectivity index is 4.46. The van der Waals surface area contributed by atoms with E-state index in [9.17, 15) is 4.79 Å². The molecular formula is C13H28N2O3. The van der Waals surface area contributed by atoms with E-state index in [2.05, 4.69) is 0 Å². The number of carbonyl (C=O) groups excluding carboxylic acids is 1. The first kappa shape index (κ1) is 17.4. The number of nitrogens with zero attached hydrogens (tertiary/aromatic N) is 1. The lowest BCUT2D eigenvalue weighted by atomic mass is 9.95. The Labute approximate surface area is 111 Å². The van der Waals surface area contributed by atoms with Gasteiger partial charge in [0.05, 0.1) is 12.1 Å². The van der Waals surface area contributed by atoms with Crippen LogP contribution in [0.2, 0.25) is 0 Å². The summed E-state index contributed by atoms with van der Waals surface area (Å²) < 4.78 is 10.0. The lowest BCUT2D eigenvalue weighted by Gasteiger charge is -2.31. The summed E-state index contributed by atoms with van der Waals surface area (Å²) in [5.74, 6) is -0.00231. The number of methoxy groups -OCH3 is 2. The Hall–Kier alpha value is -0.650. The maximum Gasteiger partial charge on any atom is 0.242 e. The van der Waals surface area contributed by atoms with Crippen molar-refractivity contribution < 1.29 is 14.3 Å². The van der Waals surface area contributed by atoms with Gasteiger partial charge in [0.25, 0.3) is 0 Å². The molecule has 1 unspecified atom stereocenters. The molecule has 0 aromatic heterocycles. The first-order chi connectivity index (χ1) is 8.49. The summed E-state index contributed by atoms with van der Waals surface area (Å²) in [6, 6.07) is 0. The Bertz CT molecular complexity index is 232. The second-order valence-electron chi connectivity index (χ2n) is 4.80. The van der Waals surface area contributed by atoms with Crippen LogP contribution in [0.1, 0.15) is 33.1 Å². The molecular weight excluding hydrogens is 232 g/mol. The summed E-state index contributed by atoms with van der Waals surface area (Å²) in [5.41, 5.74) is 5.30. The normalized spacial score (nSPS) is 14.3. The average molecular weight is 260 g/mol. The molecule has 0 aliphatic heterocycles. The van der Waals surface area contributed by atoms with E-state index in [1.807, 2.05) is 6.92 Å². The minimum atomic E-state index is -0.782. The second-order valence-corrected chi connectivity index (χ2v) is 4.80. The topological polar surface area (TPSA) is 64.8 Å². The van der Waals surface area contributed by atoms with Crippen molar-refractivity contribution in [2.24, 2.45) is 5.73 Å². The molecule has 18 heavy (non-hydrogen) atoms. The molecule has 1 amide bonds. The van der Waals surface area contributed by atoms with E-state index in [1.54, 1.807) is 26.0 Å². The summed E-state index contributed by atoms with van der Waals surface area (Å²) in [4.78, 5) is 14.1. The van der Waals surface area contributed by atoms with Crippen LogP contribution in [-0.2, 0) is 14.3 Å². The molecule has 0 rings (SSSR count). The number of carbonyl (C=O) groups is 1. The Morgan fingerprint density at radius 1 is 1.22 bits per heavy atom. The first-order valence-corrected chi connectivity index (χ1v) is 6.55. The highest BCUT2D eigenvalue weighted by Crippen LogP contribution is 2.13. The third-order valence-corrected chi connectivity index (χ3v) is 2.89. The number of hydrogen-bond acceptors (Lipinski definition) is 4. The fraction of sp³-hybridized carbons (Fsp3) is 0.923. The van der Waals surface area contributed by atoms with Gasteiger partial charge in [-0.3, -0.25) is 4.79 Å². The molecule has 0 spiro atoms. The zero-order chi connectivity index (χ0) is 14.0. The molecule has 0 aliphatic rings. The molecule has 0 aromatic carbocycles. The van der Waals surface area contributed by atoms with Gasteiger partial charge in [0.1, 0.15) is 0 Å². The highest BCUT2D eigenvalue weighted by Gasteiger charge is 2.31. The van der Waals surface area contributed by atoms with Crippen LogP contribution >= 0.6 is 0 Å². The number of ether oxygens (including phenoxy) is 2. The highest BCUT2D eigenvalue weighted by atomic mass is 16.5. The summed E-state index contributed by atoms with van der Waals surface area (Å²) in [7, 11) is 3.29. The number of hydrogen-bond donors (Lipinski definition) is 1. The van der Waals surface area contributed by atoms with Crippen molar-refractivity contribution in [2.75, 3.05) is 40.5 Å². The van der Waals surface area contributed by atoms with Crippen molar-refractivity contribution >= 4 is 5.91 Å². The van der Waals surface area contributed by atoms with E-state index in [-0.39, 0.29) is 5.91 Å². The summed E-state index contributed by atoms with van der Waals surface area (Å²) >= 11 is 0. The molecule has 0 fully saturated rings. The number of amides is 1. The largest absolute Gasteiger partial charge is 0.385 e. The Morgan fingerprint density at radius 2 is 1.83 bits per heavy atom. The average Bonchev–Trinajstić information content (AvgIpc) is 2.32. The molecule has 0 aliphatic carbocycles. The van der Waals surface area contributed by atoms with Gasteiger partial charge in [0.15, 0.2) is 0 Å². The molecule has 0 bridgehead atoms. The van der Waals surface area contributed by atoms with E-state index >= 15 is 0 Å². The quantitative estimate of drug-likeness (QED) is 0.596. The van der Waals surface area contributed by atoms with Crippen LogP contribution in [0.25, 0.3) is 0 Å². The van der Waals surface area contributed by atoms with Gasteiger partial charge >= 0.3 is 0 Å². The van der Waals surface area contributed by atoms with E-state index in [0.29, 0.717) is 32.7 Å². The predicted molar refractivity (Wildman–Crippen MR) is 72.4 cm³/mol.